The van der Waals surface area contributed by atoms with Crippen LogP contribution in [0.1, 0.15) is 35.1 Å². The molecule has 0 N–H and O–H groups in total. The molecular formula is C21H19N. The van der Waals surface area contributed by atoms with Gasteiger partial charge in [-0.15, -0.1) is 0 Å². The van der Waals surface area contributed by atoms with Gasteiger partial charge in [0.05, 0.1) is 0 Å². The molecule has 2 aliphatic rings. The predicted molar refractivity (Wildman–Crippen MR) is 91.2 cm³/mol. The lowest BCUT2D eigenvalue weighted by atomic mass is 9.73. The van der Waals surface area contributed by atoms with Crippen LogP contribution in [0.25, 0.3) is 10.9 Å². The highest BCUT2D eigenvalue weighted by atomic mass is 15.0. The van der Waals surface area contributed by atoms with Gasteiger partial charge in [-0.2, -0.15) is 0 Å². The maximum absolute atomic E-state index is 2.46. The summed E-state index contributed by atoms with van der Waals surface area (Å²) in [6.45, 7) is 0. The van der Waals surface area contributed by atoms with E-state index >= 15 is 0 Å². The normalized spacial score (nSPS) is 25.6. The van der Waals surface area contributed by atoms with Gasteiger partial charge in [-0.25, -0.2) is 0 Å². The summed E-state index contributed by atoms with van der Waals surface area (Å²) >= 11 is 0. The average molecular weight is 285 g/mol. The van der Waals surface area contributed by atoms with Gasteiger partial charge in [0.2, 0.25) is 0 Å². The maximum atomic E-state index is 2.46. The number of rotatable bonds is 1. The van der Waals surface area contributed by atoms with Crippen LogP contribution in [0.15, 0.2) is 66.7 Å². The lowest BCUT2D eigenvalue weighted by Gasteiger charge is -2.31. The van der Waals surface area contributed by atoms with E-state index in [1.807, 2.05) is 0 Å². The van der Waals surface area contributed by atoms with Crippen LogP contribution in [0.4, 0.5) is 0 Å². The number of hydrogen-bond donors (Lipinski definition) is 0. The number of aryl methyl sites for hydroxylation is 1. The minimum atomic E-state index is 0.497. The number of fused-ring (bicyclic) bond motifs is 6. The third-order valence-corrected chi connectivity index (χ3v) is 5.56. The van der Waals surface area contributed by atoms with Crippen molar-refractivity contribution in [1.82, 2.24) is 4.57 Å². The number of aromatic nitrogens is 1. The van der Waals surface area contributed by atoms with E-state index in [-0.39, 0.29) is 0 Å². The summed E-state index contributed by atoms with van der Waals surface area (Å²) in [4.78, 5) is 0. The Labute approximate surface area is 130 Å². The molecule has 2 aromatic carbocycles. The molecule has 0 aliphatic heterocycles. The van der Waals surface area contributed by atoms with Gasteiger partial charge in [-0.3, -0.25) is 0 Å². The van der Waals surface area contributed by atoms with Gasteiger partial charge < -0.3 is 4.57 Å². The number of nitrogens with zero attached hydrogens (tertiary/aromatic N) is 1. The van der Waals surface area contributed by atoms with Gasteiger partial charge in [0.15, 0.2) is 0 Å². The number of para-hydroxylation sites is 1. The van der Waals surface area contributed by atoms with E-state index in [2.05, 4.69) is 78.4 Å². The second kappa shape index (κ2) is 4.36. The SMILES string of the molecule is Cn1c2c(c3ccccc31)C(c1ccccc1)C1C=CC2C1. The number of benzene rings is 2. The van der Waals surface area contributed by atoms with Crippen LogP contribution in [0.2, 0.25) is 0 Å². The molecule has 1 nitrogen and oxygen atoms in total. The zero-order valence-corrected chi connectivity index (χ0v) is 12.7. The van der Waals surface area contributed by atoms with E-state index in [0.717, 1.165) is 0 Å². The van der Waals surface area contributed by atoms with Crippen molar-refractivity contribution in [2.24, 2.45) is 13.0 Å². The average Bonchev–Trinajstić information content (AvgIpc) is 3.11. The Balaban J connectivity index is 1.87. The fraction of sp³-hybridized carbons (Fsp3) is 0.238. The second-order valence-corrected chi connectivity index (χ2v) is 6.65. The number of hydrogen-bond acceptors (Lipinski definition) is 0. The Morgan fingerprint density at radius 1 is 0.909 bits per heavy atom. The predicted octanol–water partition coefficient (Wildman–Crippen LogP) is 4.98. The molecule has 0 fully saturated rings. The highest BCUT2D eigenvalue weighted by molar-refractivity contribution is 5.87. The minimum absolute atomic E-state index is 0.497. The van der Waals surface area contributed by atoms with Crippen LogP contribution in [0, 0.1) is 5.92 Å². The minimum Gasteiger partial charge on any atom is -0.347 e. The summed E-state index contributed by atoms with van der Waals surface area (Å²) in [5, 5.41) is 1.44. The van der Waals surface area contributed by atoms with E-state index in [4.69, 9.17) is 0 Å². The van der Waals surface area contributed by atoms with Gasteiger partial charge in [-0.05, 0) is 29.5 Å². The summed E-state index contributed by atoms with van der Waals surface area (Å²) in [7, 11) is 2.23. The smallest absolute Gasteiger partial charge is 0.0483 e. The molecule has 3 atom stereocenters. The van der Waals surface area contributed by atoms with Crippen LogP contribution in [0.3, 0.4) is 0 Å². The number of allylic oxidation sites excluding steroid dienone is 2. The zero-order chi connectivity index (χ0) is 14.7. The lowest BCUT2D eigenvalue weighted by molar-refractivity contribution is 0.486. The van der Waals surface area contributed by atoms with Crippen LogP contribution < -0.4 is 0 Å². The molecule has 1 heteroatoms. The van der Waals surface area contributed by atoms with Crippen molar-refractivity contribution in [2.75, 3.05) is 0 Å². The van der Waals surface area contributed by atoms with Gasteiger partial charge in [0.25, 0.3) is 0 Å². The molecule has 5 rings (SSSR count). The molecule has 1 heterocycles. The Morgan fingerprint density at radius 2 is 1.68 bits per heavy atom. The molecule has 2 aliphatic carbocycles. The fourth-order valence-electron chi connectivity index (χ4n) is 4.68. The third kappa shape index (κ3) is 1.49. The zero-order valence-electron chi connectivity index (χ0n) is 12.7. The fourth-order valence-corrected chi connectivity index (χ4v) is 4.68. The van der Waals surface area contributed by atoms with Gasteiger partial charge in [0.1, 0.15) is 0 Å². The summed E-state index contributed by atoms with van der Waals surface area (Å²) in [6, 6.07) is 19.9. The van der Waals surface area contributed by atoms with E-state index in [0.29, 0.717) is 17.8 Å². The molecule has 0 spiro atoms. The van der Waals surface area contributed by atoms with E-state index in [1.54, 1.807) is 5.56 Å². The largest absolute Gasteiger partial charge is 0.347 e. The second-order valence-electron chi connectivity index (χ2n) is 6.65. The van der Waals surface area contributed by atoms with Crippen molar-refractivity contribution >= 4 is 10.9 Å². The maximum Gasteiger partial charge on any atom is 0.0483 e. The molecule has 108 valence electrons. The standard InChI is InChI=1S/C21H19N/c1-22-18-10-6-5-9-17(18)20-19(14-7-3-2-4-8-14)15-11-12-16(13-15)21(20)22/h2-12,15-16,19H,13H2,1H3. The van der Waals surface area contributed by atoms with E-state index < -0.39 is 0 Å². The van der Waals surface area contributed by atoms with Crippen LogP contribution in [-0.2, 0) is 7.05 Å². The lowest BCUT2D eigenvalue weighted by Crippen LogP contribution is -2.20. The monoisotopic (exact) mass is 285 g/mol. The van der Waals surface area contributed by atoms with Gasteiger partial charge >= 0.3 is 0 Å². The first-order chi connectivity index (χ1) is 10.8. The van der Waals surface area contributed by atoms with Gasteiger partial charge in [-0.1, -0.05) is 60.7 Å². The van der Waals surface area contributed by atoms with Crippen molar-refractivity contribution in [2.45, 2.75) is 18.3 Å². The topological polar surface area (TPSA) is 4.93 Å². The molecule has 22 heavy (non-hydrogen) atoms. The van der Waals surface area contributed by atoms with E-state index in [1.165, 1.54) is 28.6 Å². The summed E-state index contributed by atoms with van der Waals surface area (Å²) in [5.41, 5.74) is 5.92. The van der Waals surface area contributed by atoms with Gasteiger partial charge in [0, 0.05) is 35.5 Å². The van der Waals surface area contributed by atoms with Crippen molar-refractivity contribution in [3.8, 4) is 0 Å². The first-order valence-corrected chi connectivity index (χ1v) is 8.15. The Kier molecular flexibility index (Phi) is 2.43. The molecule has 0 radical (unpaired) electrons. The molecule has 3 aromatic rings. The third-order valence-electron chi connectivity index (χ3n) is 5.56. The van der Waals surface area contributed by atoms with Crippen molar-refractivity contribution in [1.29, 1.82) is 0 Å². The summed E-state index contributed by atoms with van der Waals surface area (Å²) in [6.07, 6.45) is 6.15. The molecule has 0 saturated heterocycles. The molecule has 3 unspecified atom stereocenters. The highest BCUT2D eigenvalue weighted by Crippen LogP contribution is 2.53. The first-order valence-electron chi connectivity index (χ1n) is 8.15. The summed E-state index contributed by atoms with van der Waals surface area (Å²) in [5.74, 6) is 1.74. The van der Waals surface area contributed by atoms with Crippen molar-refractivity contribution in [3.63, 3.8) is 0 Å². The molecule has 0 saturated carbocycles. The van der Waals surface area contributed by atoms with Crippen LogP contribution in [-0.4, -0.2) is 4.57 Å². The van der Waals surface area contributed by atoms with Crippen molar-refractivity contribution in [3.05, 3.63) is 83.6 Å². The molecular weight excluding hydrogens is 266 g/mol. The van der Waals surface area contributed by atoms with Crippen LogP contribution in [0.5, 0.6) is 0 Å². The highest BCUT2D eigenvalue weighted by Gasteiger charge is 2.40. The molecule has 0 amide bonds. The Morgan fingerprint density at radius 3 is 2.55 bits per heavy atom. The quantitative estimate of drug-likeness (QED) is 0.555. The van der Waals surface area contributed by atoms with E-state index in [9.17, 15) is 0 Å². The summed E-state index contributed by atoms with van der Waals surface area (Å²) < 4.78 is 2.43. The van der Waals surface area contributed by atoms with Crippen LogP contribution >= 0.6 is 0 Å². The van der Waals surface area contributed by atoms with Crippen molar-refractivity contribution < 1.29 is 0 Å². The molecule has 1 aromatic heterocycles. The first kappa shape index (κ1) is 12.3. The molecule has 2 bridgehead atoms. The Hall–Kier alpha value is -2.28. The Bertz CT molecular complexity index is 885.